The molecule has 1 unspecified atom stereocenters. The quantitative estimate of drug-likeness (QED) is 0.453. The summed E-state index contributed by atoms with van der Waals surface area (Å²) < 4.78 is 34.5. The molecule has 3 rings (SSSR count). The molecule has 0 aliphatic carbocycles. The van der Waals surface area contributed by atoms with Gasteiger partial charge in [0, 0.05) is 30.9 Å². The molecule has 0 spiro atoms. The Bertz CT molecular complexity index is 1190. The van der Waals surface area contributed by atoms with E-state index in [1.54, 1.807) is 17.0 Å². The summed E-state index contributed by atoms with van der Waals surface area (Å²) in [6.45, 7) is 8.48. The van der Waals surface area contributed by atoms with Gasteiger partial charge in [-0.1, -0.05) is 25.4 Å². The third-order valence-corrected chi connectivity index (χ3v) is 5.78. The molecule has 182 valence electrons. The summed E-state index contributed by atoms with van der Waals surface area (Å²) in [5.74, 6) is -2.41. The summed E-state index contributed by atoms with van der Waals surface area (Å²) in [6, 6.07) is 6.00. The number of fused-ring (bicyclic) bond motifs is 1. The van der Waals surface area contributed by atoms with Gasteiger partial charge in [0.2, 0.25) is 5.91 Å². The van der Waals surface area contributed by atoms with E-state index in [1.165, 1.54) is 17.0 Å². The number of hydrogen-bond donors (Lipinski definition) is 1. The van der Waals surface area contributed by atoms with Crippen molar-refractivity contribution in [3.63, 3.8) is 0 Å². The van der Waals surface area contributed by atoms with Crippen LogP contribution in [0.5, 0.6) is 5.75 Å². The van der Waals surface area contributed by atoms with Crippen LogP contribution in [-0.4, -0.2) is 46.0 Å². The molecule has 0 aliphatic heterocycles. The van der Waals surface area contributed by atoms with Crippen LogP contribution in [0.15, 0.2) is 36.7 Å². The SMILES string of the molecule is CCN(CC)C(=O)COc1ccc(NC(=O)C(C(C)C)n2cnc3cc(F)c(F)cc32)cc1Cl. The molecule has 0 aliphatic rings. The summed E-state index contributed by atoms with van der Waals surface area (Å²) in [5, 5.41) is 3.03. The lowest BCUT2D eigenvalue weighted by Gasteiger charge is -2.23. The minimum Gasteiger partial charge on any atom is -0.482 e. The van der Waals surface area contributed by atoms with E-state index >= 15 is 0 Å². The Hall–Kier alpha value is -3.20. The Balaban J connectivity index is 1.76. The summed E-state index contributed by atoms with van der Waals surface area (Å²) in [5.41, 5.74) is 0.985. The molecule has 2 aromatic carbocycles. The average Bonchev–Trinajstić information content (AvgIpc) is 3.16. The largest absolute Gasteiger partial charge is 0.482 e. The molecule has 2 amide bonds. The van der Waals surface area contributed by atoms with Gasteiger partial charge < -0.3 is 19.5 Å². The number of likely N-dealkylation sites (N-methyl/N-ethyl adjacent to an activating group) is 1. The summed E-state index contributed by atoms with van der Waals surface area (Å²) in [7, 11) is 0. The van der Waals surface area contributed by atoms with Crippen LogP contribution in [0.4, 0.5) is 14.5 Å². The van der Waals surface area contributed by atoms with Crippen LogP contribution in [0.2, 0.25) is 5.02 Å². The van der Waals surface area contributed by atoms with Gasteiger partial charge in [-0.2, -0.15) is 0 Å². The molecule has 1 heterocycles. The lowest BCUT2D eigenvalue weighted by molar-refractivity contribution is -0.133. The molecule has 3 aromatic rings. The molecule has 1 aromatic heterocycles. The van der Waals surface area contributed by atoms with Crippen molar-refractivity contribution in [1.82, 2.24) is 14.5 Å². The maximum atomic E-state index is 13.8. The third-order valence-electron chi connectivity index (χ3n) is 5.48. The van der Waals surface area contributed by atoms with Crippen LogP contribution in [0.25, 0.3) is 11.0 Å². The van der Waals surface area contributed by atoms with Crippen molar-refractivity contribution < 1.29 is 23.1 Å². The Morgan fingerprint density at radius 1 is 1.15 bits per heavy atom. The summed E-state index contributed by atoms with van der Waals surface area (Å²) in [4.78, 5) is 31.0. The number of carbonyl (C=O) groups excluding carboxylic acids is 2. The van der Waals surface area contributed by atoms with E-state index in [-0.39, 0.29) is 34.9 Å². The number of hydrogen-bond acceptors (Lipinski definition) is 4. The van der Waals surface area contributed by atoms with Crippen LogP contribution in [-0.2, 0) is 9.59 Å². The van der Waals surface area contributed by atoms with Crippen LogP contribution < -0.4 is 10.1 Å². The minimum absolute atomic E-state index is 0.145. The fraction of sp³-hybridized carbons (Fsp3) is 0.375. The number of amides is 2. The van der Waals surface area contributed by atoms with Gasteiger partial charge in [-0.05, 0) is 38.0 Å². The zero-order valence-corrected chi connectivity index (χ0v) is 20.2. The Kier molecular flexibility index (Phi) is 8.09. The van der Waals surface area contributed by atoms with E-state index in [1.807, 2.05) is 27.7 Å². The standard InChI is InChI=1S/C24H27ClF2N4O3/c1-5-30(6-2)22(32)12-34-21-8-7-15(9-16(21)25)29-24(33)23(14(3)4)31-13-28-19-10-17(26)18(27)11-20(19)31/h7-11,13-14,23H,5-6,12H2,1-4H3,(H,29,33). The first-order chi connectivity index (χ1) is 16.2. The van der Waals surface area contributed by atoms with Crippen molar-refractivity contribution >= 4 is 40.1 Å². The van der Waals surface area contributed by atoms with Gasteiger partial charge in [0.05, 0.1) is 22.4 Å². The number of nitrogens with one attached hydrogen (secondary N) is 1. The van der Waals surface area contributed by atoms with Crippen LogP contribution in [0.3, 0.4) is 0 Å². The number of nitrogens with zero attached hydrogens (tertiary/aromatic N) is 3. The first-order valence-electron chi connectivity index (χ1n) is 11.0. The van der Waals surface area contributed by atoms with Crippen molar-refractivity contribution in [1.29, 1.82) is 0 Å². The van der Waals surface area contributed by atoms with E-state index < -0.39 is 17.7 Å². The van der Waals surface area contributed by atoms with E-state index in [0.717, 1.165) is 12.1 Å². The van der Waals surface area contributed by atoms with Crippen molar-refractivity contribution in [2.75, 3.05) is 25.0 Å². The molecule has 10 heteroatoms. The van der Waals surface area contributed by atoms with E-state index in [0.29, 0.717) is 30.0 Å². The average molecular weight is 493 g/mol. The van der Waals surface area contributed by atoms with Gasteiger partial charge in [-0.25, -0.2) is 13.8 Å². The Morgan fingerprint density at radius 2 is 1.82 bits per heavy atom. The Morgan fingerprint density at radius 3 is 2.44 bits per heavy atom. The number of aromatic nitrogens is 2. The second kappa shape index (κ2) is 10.8. The smallest absolute Gasteiger partial charge is 0.260 e. The van der Waals surface area contributed by atoms with Crippen molar-refractivity contribution in [2.24, 2.45) is 5.92 Å². The number of imidazole rings is 1. The number of halogens is 3. The van der Waals surface area contributed by atoms with E-state index in [2.05, 4.69) is 10.3 Å². The number of ether oxygens (including phenoxy) is 1. The lowest BCUT2D eigenvalue weighted by atomic mass is 10.0. The lowest BCUT2D eigenvalue weighted by Crippen LogP contribution is -2.34. The molecular weight excluding hydrogens is 466 g/mol. The van der Waals surface area contributed by atoms with Crippen LogP contribution in [0.1, 0.15) is 33.7 Å². The van der Waals surface area contributed by atoms with E-state index in [9.17, 15) is 18.4 Å². The summed E-state index contributed by atoms with van der Waals surface area (Å²) in [6.07, 6.45) is 1.39. The highest BCUT2D eigenvalue weighted by atomic mass is 35.5. The normalized spacial score (nSPS) is 12.1. The fourth-order valence-electron chi connectivity index (χ4n) is 3.71. The molecule has 0 saturated heterocycles. The second-order valence-corrected chi connectivity index (χ2v) is 8.49. The first-order valence-corrected chi connectivity index (χ1v) is 11.4. The number of carbonyl (C=O) groups is 2. The molecule has 0 bridgehead atoms. The summed E-state index contributed by atoms with van der Waals surface area (Å²) >= 11 is 6.30. The van der Waals surface area contributed by atoms with Crippen LogP contribution >= 0.6 is 11.6 Å². The number of anilines is 1. The van der Waals surface area contributed by atoms with Gasteiger partial charge in [-0.15, -0.1) is 0 Å². The van der Waals surface area contributed by atoms with Crippen molar-refractivity contribution in [3.05, 3.63) is 53.3 Å². The molecule has 0 fully saturated rings. The zero-order chi connectivity index (χ0) is 25.0. The van der Waals surface area contributed by atoms with Crippen LogP contribution in [0, 0.1) is 17.6 Å². The van der Waals surface area contributed by atoms with Gasteiger partial charge in [0.1, 0.15) is 11.8 Å². The predicted octanol–water partition coefficient (Wildman–Crippen LogP) is 5.05. The topological polar surface area (TPSA) is 76.5 Å². The second-order valence-electron chi connectivity index (χ2n) is 8.08. The van der Waals surface area contributed by atoms with Crippen molar-refractivity contribution in [3.8, 4) is 5.75 Å². The van der Waals surface area contributed by atoms with Gasteiger partial charge >= 0.3 is 0 Å². The molecule has 7 nitrogen and oxygen atoms in total. The predicted molar refractivity (Wildman–Crippen MR) is 127 cm³/mol. The third kappa shape index (κ3) is 5.47. The molecule has 1 atom stereocenters. The molecule has 34 heavy (non-hydrogen) atoms. The highest BCUT2D eigenvalue weighted by Crippen LogP contribution is 2.30. The maximum Gasteiger partial charge on any atom is 0.260 e. The number of benzene rings is 2. The highest BCUT2D eigenvalue weighted by molar-refractivity contribution is 6.32. The van der Waals surface area contributed by atoms with E-state index in [4.69, 9.17) is 16.3 Å². The molecule has 0 radical (unpaired) electrons. The highest BCUT2D eigenvalue weighted by Gasteiger charge is 2.26. The maximum absolute atomic E-state index is 13.8. The number of rotatable bonds is 9. The molecule has 0 saturated carbocycles. The van der Waals surface area contributed by atoms with Gasteiger partial charge in [0.25, 0.3) is 5.91 Å². The van der Waals surface area contributed by atoms with Crippen molar-refractivity contribution in [2.45, 2.75) is 33.7 Å². The first kappa shape index (κ1) is 25.4. The minimum atomic E-state index is -1.01. The Labute approximate surface area is 201 Å². The van der Waals surface area contributed by atoms with Gasteiger partial charge in [-0.3, -0.25) is 9.59 Å². The zero-order valence-electron chi connectivity index (χ0n) is 19.4. The molecular formula is C24H27ClF2N4O3. The monoisotopic (exact) mass is 492 g/mol. The fourth-order valence-corrected chi connectivity index (χ4v) is 3.95. The van der Waals surface area contributed by atoms with Gasteiger partial charge in [0.15, 0.2) is 18.2 Å². The molecule has 1 N–H and O–H groups in total.